The molecule has 0 aliphatic carbocycles. The Morgan fingerprint density at radius 2 is 2.17 bits per heavy atom. The van der Waals surface area contributed by atoms with Crippen LogP contribution in [0.2, 0.25) is 0 Å². The summed E-state index contributed by atoms with van der Waals surface area (Å²) in [5, 5.41) is 11.8. The van der Waals surface area contributed by atoms with Crippen LogP contribution in [0.5, 0.6) is 0 Å². The number of aryl methyl sites for hydroxylation is 1. The summed E-state index contributed by atoms with van der Waals surface area (Å²) < 4.78 is 13.9. The maximum absolute atomic E-state index is 13.5. The maximum Gasteiger partial charge on any atom is 0.142 e. The molecule has 0 saturated heterocycles. The molecule has 0 saturated carbocycles. The molecular formula is C13H9BrFN3. The van der Waals surface area contributed by atoms with Gasteiger partial charge in [0.15, 0.2) is 0 Å². The van der Waals surface area contributed by atoms with Crippen molar-refractivity contribution in [1.29, 1.82) is 5.26 Å². The third-order valence-corrected chi connectivity index (χ3v) is 3.03. The molecule has 0 aliphatic rings. The van der Waals surface area contributed by atoms with Gasteiger partial charge in [-0.05, 0) is 52.7 Å². The Morgan fingerprint density at radius 1 is 1.39 bits per heavy atom. The van der Waals surface area contributed by atoms with Gasteiger partial charge in [0, 0.05) is 17.6 Å². The summed E-state index contributed by atoms with van der Waals surface area (Å²) in [6, 6.07) is 8.40. The minimum Gasteiger partial charge on any atom is -0.355 e. The molecule has 1 aromatic heterocycles. The van der Waals surface area contributed by atoms with Crippen LogP contribution in [0.1, 0.15) is 11.3 Å². The Kier molecular flexibility index (Phi) is 3.58. The van der Waals surface area contributed by atoms with E-state index in [0.717, 1.165) is 5.56 Å². The minimum absolute atomic E-state index is 0.315. The van der Waals surface area contributed by atoms with Gasteiger partial charge in [-0.25, -0.2) is 9.37 Å². The molecule has 0 spiro atoms. The van der Waals surface area contributed by atoms with Gasteiger partial charge in [-0.3, -0.25) is 0 Å². The zero-order valence-corrected chi connectivity index (χ0v) is 11.1. The van der Waals surface area contributed by atoms with E-state index in [1.807, 2.05) is 13.0 Å². The van der Waals surface area contributed by atoms with Crippen molar-refractivity contribution < 1.29 is 4.39 Å². The van der Waals surface area contributed by atoms with E-state index in [0.29, 0.717) is 21.5 Å². The van der Waals surface area contributed by atoms with Crippen molar-refractivity contribution in [2.45, 2.75) is 6.92 Å². The summed E-state index contributed by atoms with van der Waals surface area (Å²) >= 11 is 3.13. The van der Waals surface area contributed by atoms with E-state index in [2.05, 4.69) is 26.2 Å². The number of pyridine rings is 1. The molecule has 3 nitrogen and oxygen atoms in total. The van der Waals surface area contributed by atoms with Gasteiger partial charge in [0.05, 0.1) is 4.47 Å². The lowest BCUT2D eigenvalue weighted by Crippen LogP contribution is -1.96. The quantitative estimate of drug-likeness (QED) is 0.915. The molecule has 2 rings (SSSR count). The lowest BCUT2D eigenvalue weighted by Gasteiger charge is -2.10. The zero-order valence-electron chi connectivity index (χ0n) is 9.54. The van der Waals surface area contributed by atoms with E-state index in [-0.39, 0.29) is 5.82 Å². The predicted molar refractivity (Wildman–Crippen MR) is 71.1 cm³/mol. The van der Waals surface area contributed by atoms with Crippen molar-refractivity contribution in [3.05, 3.63) is 52.0 Å². The van der Waals surface area contributed by atoms with Crippen LogP contribution in [0.4, 0.5) is 15.8 Å². The Hall–Kier alpha value is -1.93. The summed E-state index contributed by atoms with van der Waals surface area (Å²) in [6.45, 7) is 1.87. The number of hydrogen-bond donors (Lipinski definition) is 1. The Bertz CT molecular complexity index is 635. The van der Waals surface area contributed by atoms with Crippen molar-refractivity contribution >= 4 is 27.3 Å². The number of halogens is 2. The smallest absolute Gasteiger partial charge is 0.142 e. The van der Waals surface area contributed by atoms with Crippen LogP contribution in [0.15, 0.2) is 34.9 Å². The summed E-state index contributed by atoms with van der Waals surface area (Å²) in [6.07, 6.45) is 1.53. The highest BCUT2D eigenvalue weighted by molar-refractivity contribution is 9.10. The SMILES string of the molecule is Cc1cc(Br)c(F)cc1Nc1ccnc(C#N)c1. The largest absolute Gasteiger partial charge is 0.355 e. The van der Waals surface area contributed by atoms with Crippen molar-refractivity contribution in [3.8, 4) is 6.07 Å². The normalized spacial score (nSPS) is 9.89. The fourth-order valence-electron chi connectivity index (χ4n) is 1.51. The Morgan fingerprint density at radius 3 is 2.89 bits per heavy atom. The molecule has 0 amide bonds. The second kappa shape index (κ2) is 5.15. The second-order valence-electron chi connectivity index (χ2n) is 3.75. The number of hydrogen-bond acceptors (Lipinski definition) is 3. The molecule has 1 heterocycles. The first kappa shape index (κ1) is 12.5. The van der Waals surface area contributed by atoms with E-state index in [1.54, 1.807) is 18.2 Å². The first-order chi connectivity index (χ1) is 8.60. The molecule has 0 radical (unpaired) electrons. The van der Waals surface area contributed by atoms with Gasteiger partial charge in [0.2, 0.25) is 0 Å². The van der Waals surface area contributed by atoms with Crippen molar-refractivity contribution in [2.75, 3.05) is 5.32 Å². The van der Waals surface area contributed by atoms with Gasteiger partial charge >= 0.3 is 0 Å². The molecule has 0 bridgehead atoms. The van der Waals surface area contributed by atoms with Crippen LogP contribution >= 0.6 is 15.9 Å². The minimum atomic E-state index is -0.335. The molecule has 0 aliphatic heterocycles. The first-order valence-electron chi connectivity index (χ1n) is 5.19. The number of aromatic nitrogens is 1. The van der Waals surface area contributed by atoms with Crippen LogP contribution in [0.3, 0.4) is 0 Å². The van der Waals surface area contributed by atoms with Crippen molar-refractivity contribution in [3.63, 3.8) is 0 Å². The van der Waals surface area contributed by atoms with Gasteiger partial charge < -0.3 is 5.32 Å². The summed E-state index contributed by atoms with van der Waals surface area (Å²) in [7, 11) is 0. The highest BCUT2D eigenvalue weighted by Gasteiger charge is 2.06. The molecule has 2 aromatic rings. The van der Waals surface area contributed by atoms with Gasteiger partial charge in [0.25, 0.3) is 0 Å². The van der Waals surface area contributed by atoms with Gasteiger partial charge in [0.1, 0.15) is 17.6 Å². The van der Waals surface area contributed by atoms with Crippen LogP contribution in [-0.2, 0) is 0 Å². The molecule has 5 heteroatoms. The molecule has 0 unspecified atom stereocenters. The number of benzene rings is 1. The summed E-state index contributed by atoms with van der Waals surface area (Å²) in [5.41, 5.74) is 2.57. The fourth-order valence-corrected chi connectivity index (χ4v) is 1.96. The zero-order chi connectivity index (χ0) is 13.1. The summed E-state index contributed by atoms with van der Waals surface area (Å²) in [5.74, 6) is -0.335. The highest BCUT2D eigenvalue weighted by Crippen LogP contribution is 2.26. The van der Waals surface area contributed by atoms with Gasteiger partial charge in [-0.1, -0.05) is 0 Å². The average molecular weight is 306 g/mol. The fraction of sp³-hybridized carbons (Fsp3) is 0.0769. The number of rotatable bonds is 2. The van der Waals surface area contributed by atoms with Gasteiger partial charge in [-0.2, -0.15) is 5.26 Å². The first-order valence-corrected chi connectivity index (χ1v) is 5.98. The standard InChI is InChI=1S/C13H9BrFN3/c1-8-4-11(14)12(15)6-13(8)18-9-2-3-17-10(5-9)7-16/h2-6H,1H3,(H,17,18). The molecular weight excluding hydrogens is 297 g/mol. The molecule has 90 valence electrons. The van der Waals surface area contributed by atoms with Crippen LogP contribution in [0, 0.1) is 24.1 Å². The van der Waals surface area contributed by atoms with E-state index in [1.165, 1.54) is 12.3 Å². The van der Waals surface area contributed by atoms with Crippen LogP contribution < -0.4 is 5.32 Å². The van der Waals surface area contributed by atoms with E-state index in [4.69, 9.17) is 5.26 Å². The van der Waals surface area contributed by atoms with Crippen LogP contribution in [-0.4, -0.2) is 4.98 Å². The predicted octanol–water partition coefficient (Wildman–Crippen LogP) is 3.91. The molecule has 1 N–H and O–H groups in total. The van der Waals surface area contributed by atoms with E-state index >= 15 is 0 Å². The number of nitriles is 1. The number of anilines is 2. The monoisotopic (exact) mass is 305 g/mol. The molecule has 0 atom stereocenters. The highest BCUT2D eigenvalue weighted by atomic mass is 79.9. The van der Waals surface area contributed by atoms with Gasteiger partial charge in [-0.15, -0.1) is 0 Å². The number of nitrogens with zero attached hydrogens (tertiary/aromatic N) is 2. The molecule has 0 fully saturated rings. The second-order valence-corrected chi connectivity index (χ2v) is 4.60. The Balaban J connectivity index is 2.34. The number of nitrogens with one attached hydrogen (secondary N) is 1. The lowest BCUT2D eigenvalue weighted by molar-refractivity contribution is 0.621. The van der Waals surface area contributed by atoms with Crippen LogP contribution in [0.25, 0.3) is 0 Å². The third kappa shape index (κ3) is 2.66. The van der Waals surface area contributed by atoms with E-state index in [9.17, 15) is 4.39 Å². The maximum atomic E-state index is 13.5. The summed E-state index contributed by atoms with van der Waals surface area (Å²) in [4.78, 5) is 3.87. The van der Waals surface area contributed by atoms with E-state index < -0.39 is 0 Å². The average Bonchev–Trinajstić information content (AvgIpc) is 2.36. The molecule has 18 heavy (non-hydrogen) atoms. The molecule has 1 aromatic carbocycles. The Labute approximate surface area is 112 Å². The van der Waals surface area contributed by atoms with Crippen molar-refractivity contribution in [2.24, 2.45) is 0 Å². The van der Waals surface area contributed by atoms with Crippen molar-refractivity contribution in [1.82, 2.24) is 4.98 Å². The topological polar surface area (TPSA) is 48.7 Å². The lowest BCUT2D eigenvalue weighted by atomic mass is 10.2. The third-order valence-electron chi connectivity index (χ3n) is 2.42.